The molecule has 0 radical (unpaired) electrons. The van der Waals surface area contributed by atoms with Gasteiger partial charge in [-0.15, -0.1) is 0 Å². The lowest BCUT2D eigenvalue weighted by Crippen LogP contribution is -2.26. The van der Waals surface area contributed by atoms with Crippen molar-refractivity contribution >= 4 is 17.5 Å². The third-order valence-corrected chi connectivity index (χ3v) is 3.90. The van der Waals surface area contributed by atoms with E-state index in [0.717, 1.165) is 5.56 Å². The number of fused-ring (bicyclic) bond motifs is 1. The minimum Gasteiger partial charge on any atom is -0.491 e. The standard InChI is InChI=1S/C18H17FN2O3/c1-21-15-10-12(6-7-16(15)24-9-8-17(21)22)11-20-18(23)13-4-2-3-5-14(13)19/h2-7,10H,8-9,11H2,1H3,(H,20,23). The van der Waals surface area contributed by atoms with E-state index >= 15 is 0 Å². The first kappa shape index (κ1) is 16.0. The number of hydrogen-bond acceptors (Lipinski definition) is 3. The second kappa shape index (κ2) is 6.70. The highest BCUT2D eigenvalue weighted by atomic mass is 19.1. The van der Waals surface area contributed by atoms with E-state index in [0.29, 0.717) is 24.5 Å². The Hall–Kier alpha value is -2.89. The van der Waals surface area contributed by atoms with Crippen LogP contribution in [0.4, 0.5) is 10.1 Å². The van der Waals surface area contributed by atoms with Gasteiger partial charge in [0.05, 0.1) is 24.3 Å². The molecule has 1 aliphatic rings. The summed E-state index contributed by atoms with van der Waals surface area (Å²) < 4.78 is 19.2. The van der Waals surface area contributed by atoms with Crippen LogP contribution >= 0.6 is 0 Å². The van der Waals surface area contributed by atoms with Crippen molar-refractivity contribution < 1.29 is 18.7 Å². The van der Waals surface area contributed by atoms with Gasteiger partial charge in [0.2, 0.25) is 5.91 Å². The van der Waals surface area contributed by atoms with Gasteiger partial charge in [0.1, 0.15) is 11.6 Å². The van der Waals surface area contributed by atoms with Gasteiger partial charge in [-0.25, -0.2) is 4.39 Å². The van der Waals surface area contributed by atoms with Crippen LogP contribution in [0.15, 0.2) is 42.5 Å². The Morgan fingerprint density at radius 2 is 2.08 bits per heavy atom. The zero-order chi connectivity index (χ0) is 17.1. The third kappa shape index (κ3) is 3.22. The van der Waals surface area contributed by atoms with Crippen LogP contribution in [0.2, 0.25) is 0 Å². The van der Waals surface area contributed by atoms with Crippen molar-refractivity contribution in [2.75, 3.05) is 18.6 Å². The zero-order valence-corrected chi connectivity index (χ0v) is 13.2. The maximum Gasteiger partial charge on any atom is 0.254 e. The molecule has 0 aromatic heterocycles. The number of hydrogen-bond donors (Lipinski definition) is 1. The summed E-state index contributed by atoms with van der Waals surface area (Å²) in [7, 11) is 1.69. The minimum atomic E-state index is -0.560. The highest BCUT2D eigenvalue weighted by Gasteiger charge is 2.20. The average Bonchev–Trinajstić information content (AvgIpc) is 2.72. The zero-order valence-electron chi connectivity index (χ0n) is 13.2. The number of anilines is 1. The molecular weight excluding hydrogens is 311 g/mol. The highest BCUT2D eigenvalue weighted by molar-refractivity contribution is 5.95. The Bertz CT molecular complexity index is 792. The Morgan fingerprint density at radius 3 is 2.88 bits per heavy atom. The molecular formula is C18H17FN2O3. The van der Waals surface area contributed by atoms with Crippen LogP contribution in [0, 0.1) is 5.82 Å². The predicted octanol–water partition coefficient (Wildman–Crippen LogP) is 2.50. The SMILES string of the molecule is CN1C(=O)CCOc2ccc(CNC(=O)c3ccccc3F)cc21. The average molecular weight is 328 g/mol. The molecule has 2 amide bonds. The number of halogens is 1. The molecule has 3 rings (SSSR count). The fraction of sp³-hybridized carbons (Fsp3) is 0.222. The van der Waals surface area contributed by atoms with Crippen LogP contribution in [0.5, 0.6) is 5.75 Å². The van der Waals surface area contributed by atoms with Crippen LogP contribution in [-0.4, -0.2) is 25.5 Å². The molecule has 124 valence electrons. The fourth-order valence-electron chi connectivity index (χ4n) is 2.53. The van der Waals surface area contributed by atoms with Crippen molar-refractivity contribution in [1.29, 1.82) is 0 Å². The molecule has 0 fully saturated rings. The number of rotatable bonds is 3. The summed E-state index contributed by atoms with van der Waals surface area (Å²) in [5, 5.41) is 2.68. The Kier molecular flexibility index (Phi) is 4.46. The van der Waals surface area contributed by atoms with Crippen molar-refractivity contribution in [3.8, 4) is 5.75 Å². The molecule has 5 nitrogen and oxygen atoms in total. The number of benzene rings is 2. The monoisotopic (exact) mass is 328 g/mol. The molecule has 1 aliphatic heterocycles. The molecule has 0 bridgehead atoms. The van der Waals surface area contributed by atoms with E-state index in [1.54, 1.807) is 30.1 Å². The van der Waals surface area contributed by atoms with Crippen LogP contribution in [0.3, 0.4) is 0 Å². The van der Waals surface area contributed by atoms with Gasteiger partial charge in [0, 0.05) is 13.6 Å². The lowest BCUT2D eigenvalue weighted by molar-refractivity contribution is -0.118. The van der Waals surface area contributed by atoms with Crippen molar-refractivity contribution in [3.63, 3.8) is 0 Å². The molecule has 0 atom stereocenters. The Morgan fingerprint density at radius 1 is 1.29 bits per heavy atom. The summed E-state index contributed by atoms with van der Waals surface area (Å²) in [5.41, 5.74) is 1.46. The van der Waals surface area contributed by atoms with Crippen molar-refractivity contribution in [1.82, 2.24) is 5.32 Å². The van der Waals surface area contributed by atoms with Gasteiger partial charge < -0.3 is 15.0 Å². The first-order valence-electron chi connectivity index (χ1n) is 7.61. The van der Waals surface area contributed by atoms with Gasteiger partial charge in [-0.05, 0) is 29.8 Å². The molecule has 0 unspecified atom stereocenters. The molecule has 0 saturated carbocycles. The summed E-state index contributed by atoms with van der Waals surface area (Å²) in [6.45, 7) is 0.571. The second-order valence-corrected chi connectivity index (χ2v) is 5.52. The summed E-state index contributed by atoms with van der Waals surface area (Å²) >= 11 is 0. The summed E-state index contributed by atoms with van der Waals surface area (Å²) in [6.07, 6.45) is 0.324. The van der Waals surface area contributed by atoms with Crippen LogP contribution < -0.4 is 15.0 Å². The normalized spacial score (nSPS) is 13.8. The molecule has 6 heteroatoms. The molecule has 0 aliphatic carbocycles. The van der Waals surface area contributed by atoms with E-state index in [1.807, 2.05) is 6.07 Å². The largest absolute Gasteiger partial charge is 0.491 e. The number of nitrogens with one attached hydrogen (secondary N) is 1. The lowest BCUT2D eigenvalue weighted by Gasteiger charge is -2.17. The predicted molar refractivity (Wildman–Crippen MR) is 87.5 cm³/mol. The maximum atomic E-state index is 13.6. The Labute approximate surface area is 139 Å². The van der Waals surface area contributed by atoms with Crippen LogP contribution in [0.1, 0.15) is 22.3 Å². The van der Waals surface area contributed by atoms with Crippen LogP contribution in [0.25, 0.3) is 0 Å². The molecule has 2 aromatic carbocycles. The second-order valence-electron chi connectivity index (χ2n) is 5.52. The highest BCUT2D eigenvalue weighted by Crippen LogP contribution is 2.31. The minimum absolute atomic E-state index is 0.00268. The van der Waals surface area contributed by atoms with E-state index in [9.17, 15) is 14.0 Å². The van der Waals surface area contributed by atoms with Gasteiger partial charge in [-0.3, -0.25) is 9.59 Å². The topological polar surface area (TPSA) is 58.6 Å². The summed E-state index contributed by atoms with van der Waals surface area (Å²) in [5.74, 6) is -0.437. The molecule has 0 saturated heterocycles. The number of nitrogens with zero attached hydrogens (tertiary/aromatic N) is 1. The number of carbonyl (C=O) groups excluding carboxylic acids is 2. The van der Waals surface area contributed by atoms with Gasteiger partial charge in [0.25, 0.3) is 5.91 Å². The van der Waals surface area contributed by atoms with Gasteiger partial charge in [-0.1, -0.05) is 18.2 Å². The lowest BCUT2D eigenvalue weighted by atomic mass is 10.1. The molecule has 0 spiro atoms. The maximum absolute atomic E-state index is 13.6. The van der Waals surface area contributed by atoms with E-state index in [4.69, 9.17) is 4.74 Å². The smallest absolute Gasteiger partial charge is 0.254 e. The molecule has 1 N–H and O–H groups in total. The first-order valence-corrected chi connectivity index (χ1v) is 7.61. The summed E-state index contributed by atoms with van der Waals surface area (Å²) in [4.78, 5) is 25.5. The van der Waals surface area contributed by atoms with Gasteiger partial charge >= 0.3 is 0 Å². The quantitative estimate of drug-likeness (QED) is 0.942. The van der Waals surface area contributed by atoms with E-state index in [2.05, 4.69) is 5.32 Å². The van der Waals surface area contributed by atoms with Gasteiger partial charge in [-0.2, -0.15) is 0 Å². The van der Waals surface area contributed by atoms with Crippen molar-refractivity contribution in [2.45, 2.75) is 13.0 Å². The molecule has 1 heterocycles. The first-order chi connectivity index (χ1) is 11.6. The van der Waals surface area contributed by atoms with E-state index < -0.39 is 11.7 Å². The third-order valence-electron chi connectivity index (χ3n) is 3.90. The summed E-state index contributed by atoms with van der Waals surface area (Å²) in [6, 6.07) is 11.2. The number of carbonyl (C=O) groups is 2. The van der Waals surface area contributed by atoms with Gasteiger partial charge in [0.15, 0.2) is 0 Å². The Balaban J connectivity index is 1.75. The van der Waals surface area contributed by atoms with Crippen molar-refractivity contribution in [2.24, 2.45) is 0 Å². The fourth-order valence-corrected chi connectivity index (χ4v) is 2.53. The van der Waals surface area contributed by atoms with Crippen LogP contribution in [-0.2, 0) is 11.3 Å². The van der Waals surface area contributed by atoms with E-state index in [1.165, 1.54) is 18.2 Å². The van der Waals surface area contributed by atoms with E-state index in [-0.39, 0.29) is 18.0 Å². The number of amides is 2. The van der Waals surface area contributed by atoms with Crippen molar-refractivity contribution in [3.05, 3.63) is 59.4 Å². The molecule has 24 heavy (non-hydrogen) atoms. The molecule has 2 aromatic rings. The number of ether oxygens (including phenoxy) is 1.